The van der Waals surface area contributed by atoms with E-state index < -0.39 is 12.1 Å². The van der Waals surface area contributed by atoms with Gasteiger partial charge in [-0.15, -0.1) is 0 Å². The maximum absolute atomic E-state index is 13.4. The number of carbonyl (C=O) groups is 3. The average Bonchev–Trinajstić information content (AvgIpc) is 3.41. The molecular weight excluding hydrogens is 492 g/mol. The van der Waals surface area contributed by atoms with Crippen LogP contribution in [0.4, 0.5) is 0 Å². The Morgan fingerprint density at radius 2 is 1.54 bits per heavy atom. The summed E-state index contributed by atoms with van der Waals surface area (Å²) in [5.41, 5.74) is 2.17. The summed E-state index contributed by atoms with van der Waals surface area (Å²) in [6.07, 6.45) is 2.58. The summed E-state index contributed by atoms with van der Waals surface area (Å²) in [5.74, 6) is -0.144. The molecule has 0 spiro atoms. The maximum Gasteiger partial charge on any atom is 0.246 e. The second-order valence-electron chi connectivity index (χ2n) is 10.8. The van der Waals surface area contributed by atoms with Crippen LogP contribution >= 0.6 is 0 Å². The van der Waals surface area contributed by atoms with E-state index in [1.165, 1.54) is 5.56 Å². The Balaban J connectivity index is 0.000000449. The standard InChI is InChI=1S/C24H36N4O3.C7H8O/c1-16(2)20(26-22(29)17(3)25-4)23(30)28-15-12-19-11-14-27(24(31)21(19)28)13-10-18-8-6-5-7-9-18;8-6-7-4-2-1-3-5-7/h5-9,16-17,19-21,25H,10-15H2,1-4H3,(H,26,29);1-5,8H,6H2/t17-,19?,20?,21?;/m0./s1. The minimum Gasteiger partial charge on any atom is -0.392 e. The van der Waals surface area contributed by atoms with Gasteiger partial charge in [-0.2, -0.15) is 0 Å². The van der Waals surface area contributed by atoms with E-state index in [1.54, 1.807) is 18.9 Å². The second kappa shape index (κ2) is 14.8. The molecule has 2 aromatic rings. The van der Waals surface area contributed by atoms with Crippen molar-refractivity contribution < 1.29 is 19.5 Å². The van der Waals surface area contributed by atoms with Crippen LogP contribution in [0, 0.1) is 11.8 Å². The first-order valence-corrected chi connectivity index (χ1v) is 14.0. The Hall–Kier alpha value is -3.23. The molecule has 39 heavy (non-hydrogen) atoms. The number of aliphatic hydroxyl groups is 1. The van der Waals surface area contributed by atoms with Gasteiger partial charge in [-0.25, -0.2) is 0 Å². The second-order valence-corrected chi connectivity index (χ2v) is 10.8. The van der Waals surface area contributed by atoms with Gasteiger partial charge in [0.25, 0.3) is 0 Å². The van der Waals surface area contributed by atoms with E-state index in [1.807, 2.05) is 67.3 Å². The number of likely N-dealkylation sites (tertiary alicyclic amines) is 2. The van der Waals surface area contributed by atoms with Crippen molar-refractivity contribution in [3.05, 3.63) is 71.8 Å². The number of fused-ring (bicyclic) bond motifs is 1. The molecule has 2 aliphatic rings. The predicted molar refractivity (Wildman–Crippen MR) is 153 cm³/mol. The molecule has 3 amide bonds. The lowest BCUT2D eigenvalue weighted by molar-refractivity contribution is -0.149. The molecule has 4 rings (SSSR count). The Bertz CT molecular complexity index is 1060. The third kappa shape index (κ3) is 8.13. The number of hydrogen-bond donors (Lipinski definition) is 3. The SMILES string of the molecule is CN[C@@H](C)C(=O)NC(C(=O)N1CCC2CCN(CCc3ccccc3)C(=O)C21)C(C)C.OCc1ccccc1. The molecule has 2 fully saturated rings. The normalized spacial score (nSPS) is 20.1. The van der Waals surface area contributed by atoms with Gasteiger partial charge in [-0.3, -0.25) is 14.4 Å². The highest BCUT2D eigenvalue weighted by Gasteiger charge is 2.47. The van der Waals surface area contributed by atoms with E-state index in [9.17, 15) is 14.4 Å². The predicted octanol–water partition coefficient (Wildman–Crippen LogP) is 2.61. The largest absolute Gasteiger partial charge is 0.392 e. The summed E-state index contributed by atoms with van der Waals surface area (Å²) in [6, 6.07) is 18.3. The number of carbonyl (C=O) groups excluding carboxylic acids is 3. The molecule has 212 valence electrons. The molecule has 3 unspecified atom stereocenters. The molecule has 2 aliphatic heterocycles. The van der Waals surface area contributed by atoms with Crippen LogP contribution in [0.1, 0.15) is 44.7 Å². The summed E-state index contributed by atoms with van der Waals surface area (Å²) < 4.78 is 0. The van der Waals surface area contributed by atoms with Crippen LogP contribution in [0.3, 0.4) is 0 Å². The molecule has 3 N–H and O–H groups in total. The van der Waals surface area contributed by atoms with E-state index in [0.29, 0.717) is 13.1 Å². The molecule has 0 aliphatic carbocycles. The first-order chi connectivity index (χ1) is 18.8. The van der Waals surface area contributed by atoms with Crippen molar-refractivity contribution in [2.75, 3.05) is 26.7 Å². The van der Waals surface area contributed by atoms with E-state index in [0.717, 1.165) is 31.4 Å². The van der Waals surface area contributed by atoms with Crippen molar-refractivity contribution in [1.29, 1.82) is 0 Å². The third-order valence-corrected chi connectivity index (χ3v) is 7.74. The molecule has 8 heteroatoms. The lowest BCUT2D eigenvalue weighted by Gasteiger charge is -2.39. The van der Waals surface area contributed by atoms with Gasteiger partial charge in [0.05, 0.1) is 12.6 Å². The zero-order valence-corrected chi connectivity index (χ0v) is 23.7. The Labute approximate surface area is 232 Å². The Morgan fingerprint density at radius 3 is 2.08 bits per heavy atom. The number of likely N-dealkylation sites (N-methyl/N-ethyl adjacent to an activating group) is 1. The monoisotopic (exact) mass is 536 g/mol. The summed E-state index contributed by atoms with van der Waals surface area (Å²) in [5, 5.41) is 14.3. The summed E-state index contributed by atoms with van der Waals surface area (Å²) >= 11 is 0. The van der Waals surface area contributed by atoms with Crippen molar-refractivity contribution in [2.45, 2.75) is 64.8 Å². The lowest BCUT2D eigenvalue weighted by atomic mass is 9.90. The van der Waals surface area contributed by atoms with Crippen LogP contribution in [0.5, 0.6) is 0 Å². The minimum absolute atomic E-state index is 0.0513. The summed E-state index contributed by atoms with van der Waals surface area (Å²) in [4.78, 5) is 42.8. The van der Waals surface area contributed by atoms with Gasteiger partial charge in [0.2, 0.25) is 17.7 Å². The molecule has 2 aromatic carbocycles. The van der Waals surface area contributed by atoms with Crippen LogP contribution in [-0.4, -0.2) is 77.4 Å². The van der Waals surface area contributed by atoms with Gasteiger partial charge < -0.3 is 25.5 Å². The fourth-order valence-corrected chi connectivity index (χ4v) is 5.18. The molecule has 0 radical (unpaired) electrons. The van der Waals surface area contributed by atoms with E-state index in [-0.39, 0.29) is 42.2 Å². The number of rotatable bonds is 9. The minimum atomic E-state index is -0.630. The van der Waals surface area contributed by atoms with Gasteiger partial charge in [0.1, 0.15) is 12.1 Å². The van der Waals surface area contributed by atoms with Gasteiger partial charge in [0, 0.05) is 19.6 Å². The molecular formula is C31H44N4O4. The van der Waals surface area contributed by atoms with Crippen molar-refractivity contribution in [2.24, 2.45) is 11.8 Å². The smallest absolute Gasteiger partial charge is 0.246 e. The zero-order valence-electron chi connectivity index (χ0n) is 23.7. The molecule has 4 atom stereocenters. The molecule has 8 nitrogen and oxygen atoms in total. The van der Waals surface area contributed by atoms with Crippen LogP contribution in [0.15, 0.2) is 60.7 Å². The number of nitrogens with zero attached hydrogens (tertiary/aromatic N) is 2. The number of amides is 3. The molecule has 2 saturated heterocycles. The average molecular weight is 537 g/mol. The first kappa shape index (κ1) is 30.3. The van der Waals surface area contributed by atoms with Crippen LogP contribution in [-0.2, 0) is 27.4 Å². The maximum atomic E-state index is 13.4. The highest BCUT2D eigenvalue weighted by Crippen LogP contribution is 2.33. The van der Waals surface area contributed by atoms with Crippen LogP contribution < -0.4 is 10.6 Å². The van der Waals surface area contributed by atoms with Crippen molar-refractivity contribution >= 4 is 17.7 Å². The van der Waals surface area contributed by atoms with Crippen molar-refractivity contribution in [1.82, 2.24) is 20.4 Å². The number of aliphatic hydroxyl groups excluding tert-OH is 1. The van der Waals surface area contributed by atoms with E-state index in [4.69, 9.17) is 5.11 Å². The molecule has 0 bridgehead atoms. The van der Waals surface area contributed by atoms with Gasteiger partial charge >= 0.3 is 0 Å². The first-order valence-electron chi connectivity index (χ1n) is 14.0. The lowest BCUT2D eigenvalue weighted by Crippen LogP contribution is -2.59. The van der Waals surface area contributed by atoms with Crippen LogP contribution in [0.2, 0.25) is 0 Å². The Morgan fingerprint density at radius 1 is 0.949 bits per heavy atom. The highest BCUT2D eigenvalue weighted by atomic mass is 16.3. The van der Waals surface area contributed by atoms with Gasteiger partial charge in [-0.05, 0) is 56.2 Å². The van der Waals surface area contributed by atoms with E-state index >= 15 is 0 Å². The van der Waals surface area contributed by atoms with Gasteiger partial charge in [-0.1, -0.05) is 74.5 Å². The van der Waals surface area contributed by atoms with Crippen molar-refractivity contribution in [3.8, 4) is 0 Å². The summed E-state index contributed by atoms with van der Waals surface area (Å²) in [7, 11) is 1.71. The number of benzene rings is 2. The van der Waals surface area contributed by atoms with Crippen molar-refractivity contribution in [3.63, 3.8) is 0 Å². The highest BCUT2D eigenvalue weighted by molar-refractivity contribution is 5.94. The number of piperidine rings is 1. The number of hydrogen-bond acceptors (Lipinski definition) is 5. The zero-order chi connectivity index (χ0) is 28.4. The third-order valence-electron chi connectivity index (χ3n) is 7.74. The fraction of sp³-hybridized carbons (Fsp3) is 0.516. The summed E-state index contributed by atoms with van der Waals surface area (Å²) in [6.45, 7) is 7.74. The van der Waals surface area contributed by atoms with Crippen LogP contribution in [0.25, 0.3) is 0 Å². The molecule has 0 saturated carbocycles. The van der Waals surface area contributed by atoms with E-state index in [2.05, 4.69) is 22.8 Å². The quantitative estimate of drug-likeness (QED) is 0.457. The number of nitrogens with one attached hydrogen (secondary N) is 2. The molecule has 0 aromatic heterocycles. The fourth-order valence-electron chi connectivity index (χ4n) is 5.18. The molecule has 2 heterocycles. The van der Waals surface area contributed by atoms with Gasteiger partial charge in [0.15, 0.2) is 0 Å². The topological polar surface area (TPSA) is 102 Å². The Kier molecular flexibility index (Phi) is 11.5.